The van der Waals surface area contributed by atoms with Crippen molar-refractivity contribution in [2.75, 3.05) is 26.7 Å². The van der Waals surface area contributed by atoms with Gasteiger partial charge in [0.05, 0.1) is 7.11 Å². The highest BCUT2D eigenvalue weighted by molar-refractivity contribution is 5.94. The van der Waals surface area contributed by atoms with E-state index >= 15 is 0 Å². The quantitative estimate of drug-likeness (QED) is 0.737. The molecule has 0 aliphatic carbocycles. The third-order valence-corrected chi connectivity index (χ3v) is 6.86. The molecular formula is C25H29FN2O3. The molecule has 4 rings (SSSR count). The Labute approximate surface area is 182 Å². The summed E-state index contributed by atoms with van der Waals surface area (Å²) in [5.74, 6) is -0.320. The maximum Gasteiger partial charge on any atom is 0.253 e. The third kappa shape index (κ3) is 4.73. The van der Waals surface area contributed by atoms with Gasteiger partial charge in [0, 0.05) is 38.2 Å². The maximum absolute atomic E-state index is 14.0. The Morgan fingerprint density at radius 3 is 2.42 bits per heavy atom. The molecule has 2 aromatic carbocycles. The van der Waals surface area contributed by atoms with E-state index in [1.165, 1.54) is 19.2 Å². The topological polar surface area (TPSA) is 49.9 Å². The van der Waals surface area contributed by atoms with Crippen molar-refractivity contribution in [1.29, 1.82) is 0 Å². The molecule has 2 heterocycles. The van der Waals surface area contributed by atoms with Crippen molar-refractivity contribution < 1.29 is 18.7 Å². The number of methoxy groups -OCH3 is 1. The minimum atomic E-state index is -0.525. The van der Waals surface area contributed by atoms with Crippen molar-refractivity contribution in [3.05, 3.63) is 65.5 Å². The molecule has 164 valence electrons. The lowest BCUT2D eigenvalue weighted by Gasteiger charge is -2.41. The Kier molecular flexibility index (Phi) is 6.25. The van der Waals surface area contributed by atoms with Gasteiger partial charge in [-0.05, 0) is 54.9 Å². The summed E-state index contributed by atoms with van der Waals surface area (Å²) in [7, 11) is 1.41. The van der Waals surface area contributed by atoms with Gasteiger partial charge in [0.1, 0.15) is 0 Å². The fraction of sp³-hybridized carbons (Fsp3) is 0.440. The normalized spacial score (nSPS) is 18.7. The lowest BCUT2D eigenvalue weighted by Crippen LogP contribution is -2.43. The zero-order chi connectivity index (χ0) is 21.8. The van der Waals surface area contributed by atoms with Crippen molar-refractivity contribution in [2.45, 2.75) is 38.6 Å². The van der Waals surface area contributed by atoms with Crippen molar-refractivity contribution in [2.24, 2.45) is 5.41 Å². The van der Waals surface area contributed by atoms with E-state index in [4.69, 9.17) is 4.74 Å². The number of carbonyl (C=O) groups excluding carboxylic acids is 2. The van der Waals surface area contributed by atoms with Crippen LogP contribution >= 0.6 is 0 Å². The molecule has 2 aromatic rings. The van der Waals surface area contributed by atoms with Gasteiger partial charge in [0.25, 0.3) is 5.91 Å². The molecule has 31 heavy (non-hydrogen) atoms. The van der Waals surface area contributed by atoms with Gasteiger partial charge in [-0.3, -0.25) is 9.59 Å². The summed E-state index contributed by atoms with van der Waals surface area (Å²) < 4.78 is 18.9. The number of likely N-dealkylation sites (tertiary alicyclic amines) is 2. The molecule has 2 aliphatic rings. The van der Waals surface area contributed by atoms with Crippen LogP contribution in [0.1, 0.15) is 48.0 Å². The number of amides is 2. The van der Waals surface area contributed by atoms with Crippen molar-refractivity contribution >= 4 is 11.8 Å². The number of carbonyl (C=O) groups is 2. The van der Waals surface area contributed by atoms with Gasteiger partial charge in [0.2, 0.25) is 5.91 Å². The first kappa shape index (κ1) is 21.3. The Hall–Kier alpha value is -2.89. The summed E-state index contributed by atoms with van der Waals surface area (Å²) in [5.41, 5.74) is 1.60. The highest BCUT2D eigenvalue weighted by Crippen LogP contribution is 2.42. The molecule has 2 aliphatic heterocycles. The van der Waals surface area contributed by atoms with Crippen LogP contribution < -0.4 is 4.74 Å². The Bertz CT molecular complexity index is 939. The zero-order valence-electron chi connectivity index (χ0n) is 18.0. The van der Waals surface area contributed by atoms with Crippen molar-refractivity contribution in [3.63, 3.8) is 0 Å². The molecule has 0 bridgehead atoms. The van der Waals surface area contributed by atoms with Crippen LogP contribution in [-0.4, -0.2) is 48.4 Å². The van der Waals surface area contributed by atoms with Crippen LogP contribution in [0.3, 0.4) is 0 Å². The van der Waals surface area contributed by atoms with E-state index in [2.05, 4.69) is 12.1 Å². The summed E-state index contributed by atoms with van der Waals surface area (Å²) >= 11 is 0. The Morgan fingerprint density at radius 1 is 1.03 bits per heavy atom. The molecule has 0 radical (unpaired) electrons. The van der Waals surface area contributed by atoms with E-state index in [0.717, 1.165) is 37.8 Å². The third-order valence-electron chi connectivity index (χ3n) is 6.86. The average molecular weight is 425 g/mol. The van der Waals surface area contributed by atoms with E-state index < -0.39 is 5.82 Å². The van der Waals surface area contributed by atoms with E-state index in [0.29, 0.717) is 31.6 Å². The van der Waals surface area contributed by atoms with Crippen molar-refractivity contribution in [1.82, 2.24) is 9.80 Å². The zero-order valence-corrected chi connectivity index (χ0v) is 18.0. The van der Waals surface area contributed by atoms with Crippen LogP contribution in [0.15, 0.2) is 48.5 Å². The van der Waals surface area contributed by atoms with Gasteiger partial charge in [-0.15, -0.1) is 0 Å². The van der Waals surface area contributed by atoms with E-state index in [1.54, 1.807) is 11.0 Å². The summed E-state index contributed by atoms with van der Waals surface area (Å²) in [6, 6.07) is 14.4. The number of benzene rings is 2. The van der Waals surface area contributed by atoms with Crippen LogP contribution in [0.2, 0.25) is 0 Å². The number of halogens is 1. The fourth-order valence-corrected chi connectivity index (χ4v) is 4.79. The summed E-state index contributed by atoms with van der Waals surface area (Å²) in [4.78, 5) is 29.3. The van der Waals surface area contributed by atoms with Crippen molar-refractivity contribution in [3.8, 4) is 5.75 Å². The first-order valence-corrected chi connectivity index (χ1v) is 10.9. The summed E-state index contributed by atoms with van der Waals surface area (Å²) in [6.07, 6.45) is 4.15. The van der Waals surface area contributed by atoms with Gasteiger partial charge >= 0.3 is 0 Å². The van der Waals surface area contributed by atoms with Crippen LogP contribution in [0.25, 0.3) is 0 Å². The number of hydrogen-bond donors (Lipinski definition) is 0. The molecule has 0 unspecified atom stereocenters. The first-order valence-electron chi connectivity index (χ1n) is 10.9. The molecule has 6 heteroatoms. The molecule has 0 N–H and O–H groups in total. The molecule has 0 aromatic heterocycles. The van der Waals surface area contributed by atoms with E-state index in [9.17, 15) is 14.0 Å². The smallest absolute Gasteiger partial charge is 0.253 e. The second kappa shape index (κ2) is 9.08. The number of piperidine rings is 1. The first-order chi connectivity index (χ1) is 15.0. The van der Waals surface area contributed by atoms with E-state index in [1.807, 2.05) is 23.1 Å². The highest BCUT2D eigenvalue weighted by Gasteiger charge is 2.39. The number of rotatable bonds is 4. The van der Waals surface area contributed by atoms with Crippen LogP contribution in [0.4, 0.5) is 4.39 Å². The van der Waals surface area contributed by atoms with Gasteiger partial charge < -0.3 is 14.5 Å². The predicted octanol–water partition coefficient (Wildman–Crippen LogP) is 4.27. The summed E-state index contributed by atoms with van der Waals surface area (Å²) in [6.45, 7) is 2.69. The van der Waals surface area contributed by atoms with E-state index in [-0.39, 0.29) is 23.0 Å². The van der Waals surface area contributed by atoms with Gasteiger partial charge in [-0.25, -0.2) is 4.39 Å². The largest absolute Gasteiger partial charge is 0.494 e. The molecule has 1 spiro atoms. The van der Waals surface area contributed by atoms with Gasteiger partial charge in [-0.1, -0.05) is 30.3 Å². The summed E-state index contributed by atoms with van der Waals surface area (Å²) in [5, 5.41) is 0. The average Bonchev–Trinajstić information content (AvgIpc) is 2.94. The Morgan fingerprint density at radius 2 is 1.74 bits per heavy atom. The second-order valence-corrected chi connectivity index (χ2v) is 8.69. The lowest BCUT2D eigenvalue weighted by molar-refractivity contribution is -0.131. The highest BCUT2D eigenvalue weighted by atomic mass is 19.1. The minimum absolute atomic E-state index is 0.100. The van der Waals surface area contributed by atoms with Gasteiger partial charge in [0.15, 0.2) is 11.6 Å². The maximum atomic E-state index is 14.0. The molecule has 2 saturated heterocycles. The SMILES string of the molecule is COc1ccc(C(=O)N2CCC3(CCC(=O)N(Cc4ccccc4)CC3)CC2)cc1F. The van der Waals surface area contributed by atoms with Gasteiger partial charge in [-0.2, -0.15) is 0 Å². The predicted molar refractivity (Wildman–Crippen MR) is 116 cm³/mol. The fourth-order valence-electron chi connectivity index (χ4n) is 4.79. The molecule has 2 amide bonds. The van der Waals surface area contributed by atoms with Crippen LogP contribution in [0, 0.1) is 11.2 Å². The molecule has 2 fully saturated rings. The monoisotopic (exact) mass is 424 g/mol. The molecule has 0 saturated carbocycles. The number of ether oxygens (including phenoxy) is 1. The molecular weight excluding hydrogens is 395 g/mol. The second-order valence-electron chi connectivity index (χ2n) is 8.69. The van der Waals surface area contributed by atoms with Crippen LogP contribution in [-0.2, 0) is 11.3 Å². The minimum Gasteiger partial charge on any atom is -0.494 e. The number of nitrogens with zero attached hydrogens (tertiary/aromatic N) is 2. The standard InChI is InChI=1S/C25H29FN2O3/c1-31-22-8-7-20(17-21(22)26)24(30)27-14-11-25(12-15-27)10-9-23(29)28(16-13-25)18-19-5-3-2-4-6-19/h2-8,17H,9-16,18H2,1H3. The molecule has 0 atom stereocenters. The Balaban J connectivity index is 1.37. The van der Waals surface area contributed by atoms with Crippen LogP contribution in [0.5, 0.6) is 5.75 Å². The number of hydrogen-bond acceptors (Lipinski definition) is 3. The molecule has 5 nitrogen and oxygen atoms in total. The lowest BCUT2D eigenvalue weighted by atomic mass is 9.73.